The Morgan fingerprint density at radius 2 is 1.15 bits per heavy atom. The number of imidazole rings is 1. The molecule has 13 aromatic rings. The predicted molar refractivity (Wildman–Crippen MR) is 328 cm³/mol. The second-order valence-electron chi connectivity index (χ2n) is 23.6. The second-order valence-corrected chi connectivity index (χ2v) is 23.6. The summed E-state index contributed by atoms with van der Waals surface area (Å²) < 4.78 is 130. The minimum absolute atomic E-state index is 0.00705. The first kappa shape index (κ1) is 36.9. The van der Waals surface area contributed by atoms with E-state index in [1.54, 1.807) is 12.3 Å². The largest absolute Gasteiger partial charge is 0.458 e. The highest BCUT2D eigenvalue weighted by atomic mass is 16.5. The van der Waals surface area contributed by atoms with Crippen molar-refractivity contribution in [3.8, 4) is 56.6 Å². The van der Waals surface area contributed by atoms with Crippen molar-refractivity contribution in [1.82, 2.24) is 18.7 Å². The normalized spacial score (nSPS) is 14.7. The van der Waals surface area contributed by atoms with Gasteiger partial charge in [-0.2, -0.15) is 0 Å². The van der Waals surface area contributed by atoms with Gasteiger partial charge >= 0.3 is 0 Å². The molecule has 0 fully saturated rings. The highest BCUT2D eigenvalue weighted by molar-refractivity contribution is 6.12. The molecule has 0 spiro atoms. The van der Waals surface area contributed by atoms with Gasteiger partial charge in [-0.3, -0.25) is 13.7 Å². The molecule has 0 unspecified atom stereocenters. The number of para-hydroxylation sites is 5. The SMILES string of the molecule is [2H]c1c([2H])c([2H])c(-c2cccc(-c3cc(C(C)(C)C)cc(C(C)(C)C)c3)c2-[n+]2[c-]n(-c3cccc(Oc4ccc5c6cc(-n7c8c([2H])c([2H])c([2H])c([2H])c8c8c([2H])c([2H])c([2H])c([2H])c87)ccc6n(-c6cc(CC(C)(C)C)ccn6)c5c4)c3)c3ccccc32)c([2H])c1[2H]. The van der Waals surface area contributed by atoms with Crippen molar-refractivity contribution in [3.63, 3.8) is 0 Å². The predicted octanol–water partition coefficient (Wildman–Crippen LogP) is 18.6. The van der Waals surface area contributed by atoms with Gasteiger partial charge < -0.3 is 9.30 Å². The van der Waals surface area contributed by atoms with Crippen molar-refractivity contribution in [2.75, 3.05) is 0 Å². The van der Waals surface area contributed by atoms with Crippen LogP contribution in [0.2, 0.25) is 0 Å². The first-order chi connectivity index (χ1) is 43.4. The molecule has 0 aliphatic carbocycles. The summed E-state index contributed by atoms with van der Waals surface area (Å²) in [6, 6.07) is 37.6. The zero-order chi connectivity index (χ0) is 65.7. The summed E-state index contributed by atoms with van der Waals surface area (Å²) in [4.78, 5) is 4.94. The smallest absolute Gasteiger partial charge is 0.269 e. The third-order valence-corrected chi connectivity index (χ3v) is 14.7. The van der Waals surface area contributed by atoms with E-state index in [4.69, 9.17) is 22.1 Å². The molecular formula is C73H65N5O. The number of benzene rings is 9. The van der Waals surface area contributed by atoms with Crippen LogP contribution in [0.15, 0.2) is 218 Å². The standard InChI is InChI=1S/C73H65N5O/c1-71(2,3)46-48-37-38-74-69(39-48)78-65-36-33-54(77-63-29-15-13-25-59(63)60-26-14-16-30-64(60)77)44-62(65)61-35-34-56(45-68(61)78)79-55-24-19-23-53(43-55)75-47-76(67-32-18-17-31-66(67)75)70-57(49-21-11-10-12-22-49)27-20-28-58(70)50-40-51(72(4,5)6)42-52(41-50)73(7,8)9/h10-45H,46H2,1-9H3/i10D,11D,12D,13D,14D,15D,16D,21D,22D,25D,26D,29D,30D. The molecule has 79 heavy (non-hydrogen) atoms. The first-order valence-corrected chi connectivity index (χ1v) is 26.6. The molecule has 0 N–H and O–H groups in total. The van der Waals surface area contributed by atoms with Crippen molar-refractivity contribution >= 4 is 54.6 Å². The van der Waals surface area contributed by atoms with Crippen LogP contribution in [0.3, 0.4) is 0 Å². The van der Waals surface area contributed by atoms with E-state index in [0.717, 1.165) is 67.1 Å². The highest BCUT2D eigenvalue weighted by Gasteiger charge is 2.26. The Bertz CT molecular complexity index is 5150. The maximum Gasteiger partial charge on any atom is 0.269 e. The molecule has 0 bridgehead atoms. The van der Waals surface area contributed by atoms with Gasteiger partial charge in [0.2, 0.25) is 0 Å². The first-order valence-electron chi connectivity index (χ1n) is 33.1. The molecule has 6 nitrogen and oxygen atoms in total. The van der Waals surface area contributed by atoms with Crippen LogP contribution in [0.5, 0.6) is 11.5 Å². The highest BCUT2D eigenvalue weighted by Crippen LogP contribution is 2.42. The number of fused-ring (bicyclic) bond motifs is 7. The second kappa shape index (κ2) is 18.9. The molecule has 0 atom stereocenters. The molecule has 6 heteroatoms. The van der Waals surface area contributed by atoms with Crippen LogP contribution in [-0.2, 0) is 17.3 Å². The summed E-state index contributed by atoms with van der Waals surface area (Å²) >= 11 is 0. The van der Waals surface area contributed by atoms with Crippen molar-refractivity contribution < 1.29 is 27.1 Å². The lowest BCUT2D eigenvalue weighted by molar-refractivity contribution is -0.571. The number of ether oxygens (including phenoxy) is 1. The van der Waals surface area contributed by atoms with Crippen LogP contribution >= 0.6 is 0 Å². The number of hydrogen-bond acceptors (Lipinski definition) is 2. The summed E-state index contributed by atoms with van der Waals surface area (Å²) in [6.07, 6.45) is 6.24. The van der Waals surface area contributed by atoms with Gasteiger partial charge in [-0.15, -0.1) is 0 Å². The molecule has 0 aliphatic heterocycles. The molecule has 388 valence electrons. The molecule has 0 aliphatic rings. The number of nitrogens with zero attached hydrogens (tertiary/aromatic N) is 5. The Labute approximate surface area is 481 Å². The van der Waals surface area contributed by atoms with E-state index < -0.39 is 54.4 Å². The van der Waals surface area contributed by atoms with Gasteiger partial charge in [-0.25, -0.2) is 4.98 Å². The number of hydrogen-bond donors (Lipinski definition) is 0. The lowest BCUT2D eigenvalue weighted by Crippen LogP contribution is -2.31. The minimum atomic E-state index is -0.514. The molecular weight excluding hydrogens is 963 g/mol. The molecule has 13 rings (SSSR count). The van der Waals surface area contributed by atoms with Crippen LogP contribution in [0.25, 0.3) is 99.8 Å². The molecule has 4 aromatic heterocycles. The maximum absolute atomic E-state index is 9.29. The van der Waals surface area contributed by atoms with Crippen LogP contribution in [0.4, 0.5) is 0 Å². The van der Waals surface area contributed by atoms with E-state index in [2.05, 4.69) is 92.9 Å². The fraction of sp³-hybridized carbons (Fsp3) is 0.178. The van der Waals surface area contributed by atoms with Crippen molar-refractivity contribution in [2.45, 2.75) is 79.6 Å². The van der Waals surface area contributed by atoms with E-state index in [1.807, 2.05) is 117 Å². The minimum Gasteiger partial charge on any atom is -0.458 e. The molecule has 9 aromatic carbocycles. The van der Waals surface area contributed by atoms with Gasteiger partial charge in [0, 0.05) is 39.5 Å². The van der Waals surface area contributed by atoms with E-state index in [0.29, 0.717) is 39.9 Å². The molecule has 0 saturated carbocycles. The average Bonchev–Trinajstić information content (AvgIpc) is 1.53. The van der Waals surface area contributed by atoms with Gasteiger partial charge in [0.05, 0.1) is 62.3 Å². The maximum atomic E-state index is 9.29. The van der Waals surface area contributed by atoms with Crippen LogP contribution in [-0.4, -0.2) is 18.7 Å². The zero-order valence-corrected chi connectivity index (χ0v) is 45.6. The lowest BCUT2D eigenvalue weighted by atomic mass is 9.78. The Morgan fingerprint density at radius 1 is 0.494 bits per heavy atom. The topological polar surface area (TPSA) is 40.8 Å². The van der Waals surface area contributed by atoms with Gasteiger partial charge in [-0.05, 0) is 134 Å². The molecule has 0 amide bonds. The van der Waals surface area contributed by atoms with Gasteiger partial charge in [0.15, 0.2) is 0 Å². The molecule has 4 heterocycles. The zero-order valence-electron chi connectivity index (χ0n) is 58.6. The average molecular weight is 1040 g/mol. The van der Waals surface area contributed by atoms with E-state index >= 15 is 0 Å². The summed E-state index contributed by atoms with van der Waals surface area (Å²) in [7, 11) is 0. The van der Waals surface area contributed by atoms with Crippen molar-refractivity contribution in [1.29, 1.82) is 0 Å². The lowest BCUT2D eigenvalue weighted by Gasteiger charge is -2.27. The molecule has 0 radical (unpaired) electrons. The Morgan fingerprint density at radius 3 is 1.86 bits per heavy atom. The monoisotopic (exact) mass is 1040 g/mol. The number of aromatic nitrogens is 5. The summed E-state index contributed by atoms with van der Waals surface area (Å²) in [5, 5.41) is 1.48. The van der Waals surface area contributed by atoms with Crippen molar-refractivity contribution in [3.05, 3.63) is 241 Å². The molecule has 0 saturated heterocycles. The van der Waals surface area contributed by atoms with Crippen LogP contribution in [0.1, 0.15) is 96.8 Å². The van der Waals surface area contributed by atoms with E-state index in [-0.39, 0.29) is 67.8 Å². The van der Waals surface area contributed by atoms with Crippen LogP contribution in [0, 0.1) is 11.7 Å². The Hall–Kier alpha value is -9.00. The van der Waals surface area contributed by atoms with Crippen molar-refractivity contribution in [2.24, 2.45) is 5.41 Å². The summed E-state index contributed by atoms with van der Waals surface area (Å²) in [6.45, 7) is 19.6. The fourth-order valence-electron chi connectivity index (χ4n) is 10.9. The van der Waals surface area contributed by atoms with Gasteiger partial charge in [0.1, 0.15) is 17.3 Å². The van der Waals surface area contributed by atoms with E-state index in [1.165, 1.54) is 4.57 Å². The quantitative estimate of drug-likeness (QED) is 0.107. The Balaban J connectivity index is 0.985. The fourth-order valence-corrected chi connectivity index (χ4v) is 10.9. The number of rotatable bonds is 9. The van der Waals surface area contributed by atoms with Gasteiger partial charge in [-0.1, -0.05) is 196 Å². The summed E-state index contributed by atoms with van der Waals surface area (Å²) in [5.74, 6) is 1.61. The van der Waals surface area contributed by atoms with Gasteiger partial charge in [0.25, 0.3) is 6.33 Å². The third-order valence-electron chi connectivity index (χ3n) is 14.7. The Kier molecular flexibility index (Phi) is 8.82. The van der Waals surface area contributed by atoms with Crippen LogP contribution < -0.4 is 9.30 Å². The third kappa shape index (κ3) is 9.05. The number of pyridine rings is 1. The van der Waals surface area contributed by atoms with E-state index in [9.17, 15) is 5.48 Å². The summed E-state index contributed by atoms with van der Waals surface area (Å²) in [5.41, 5.74) is 9.61.